The Morgan fingerprint density at radius 3 is 2.75 bits per heavy atom. The van der Waals surface area contributed by atoms with Crippen molar-refractivity contribution in [1.82, 2.24) is 14.9 Å². The number of nitrogens with zero attached hydrogens (tertiary/aromatic N) is 2. The molecular weight excluding hydrogens is 396 g/mol. The van der Waals surface area contributed by atoms with Crippen molar-refractivity contribution >= 4 is 45.3 Å². The van der Waals surface area contributed by atoms with Gasteiger partial charge in [0.25, 0.3) is 5.56 Å². The van der Waals surface area contributed by atoms with Gasteiger partial charge in [-0.15, -0.1) is 11.3 Å². The van der Waals surface area contributed by atoms with Gasteiger partial charge in [-0.25, -0.2) is 9.78 Å². The van der Waals surface area contributed by atoms with Gasteiger partial charge in [0.2, 0.25) is 5.91 Å². The minimum Gasteiger partial charge on any atom is -0.351 e. The van der Waals surface area contributed by atoms with Crippen molar-refractivity contribution < 1.29 is 9.59 Å². The van der Waals surface area contributed by atoms with Crippen LogP contribution in [-0.4, -0.2) is 26.7 Å². The number of hydrogen-bond donors (Lipinski definition) is 2. The first-order chi connectivity index (χ1) is 13.2. The summed E-state index contributed by atoms with van der Waals surface area (Å²) in [7, 11) is 0. The molecule has 2 unspecified atom stereocenters. The number of thioether (sulfide) groups is 1. The van der Waals surface area contributed by atoms with Crippen LogP contribution in [0.25, 0.3) is 10.2 Å². The molecule has 2 aromatic heterocycles. The van der Waals surface area contributed by atoms with Gasteiger partial charge in [0.1, 0.15) is 4.83 Å². The number of hydrogen-bond acceptors (Lipinski definition) is 6. The van der Waals surface area contributed by atoms with Crippen LogP contribution >= 0.6 is 23.1 Å². The zero-order chi connectivity index (χ0) is 20.6. The van der Waals surface area contributed by atoms with Crippen LogP contribution in [-0.2, 0) is 24.2 Å². The molecule has 0 fully saturated rings. The lowest BCUT2D eigenvalue weighted by Gasteiger charge is -2.20. The molecule has 0 saturated carbocycles. The Morgan fingerprint density at radius 2 is 2.14 bits per heavy atom. The first-order valence-electron chi connectivity index (χ1n) is 9.54. The topological polar surface area (TPSA) is 107 Å². The van der Waals surface area contributed by atoms with Gasteiger partial charge < -0.3 is 5.73 Å². The van der Waals surface area contributed by atoms with E-state index in [4.69, 9.17) is 10.7 Å². The summed E-state index contributed by atoms with van der Waals surface area (Å²) in [5, 5.41) is 2.81. The molecule has 1 aliphatic carbocycles. The Bertz CT molecular complexity index is 980. The number of primary amides is 1. The zero-order valence-electron chi connectivity index (χ0n) is 16.6. The van der Waals surface area contributed by atoms with Gasteiger partial charge in [-0.1, -0.05) is 32.5 Å². The predicted molar refractivity (Wildman–Crippen MR) is 113 cm³/mol. The maximum absolute atomic E-state index is 13.2. The number of aromatic nitrogens is 2. The van der Waals surface area contributed by atoms with Crippen LogP contribution in [0.15, 0.2) is 9.95 Å². The van der Waals surface area contributed by atoms with E-state index in [2.05, 4.69) is 12.2 Å². The molecule has 3 rings (SSSR count). The largest absolute Gasteiger partial charge is 0.351 e. The number of carbonyl (C=O) groups is 2. The van der Waals surface area contributed by atoms with Crippen molar-refractivity contribution in [2.75, 3.05) is 0 Å². The van der Waals surface area contributed by atoms with Gasteiger partial charge in [0.05, 0.1) is 10.6 Å². The highest BCUT2D eigenvalue weighted by molar-refractivity contribution is 8.00. The lowest BCUT2D eigenvalue weighted by molar-refractivity contribution is -0.120. The van der Waals surface area contributed by atoms with E-state index in [-0.39, 0.29) is 11.5 Å². The molecule has 0 aliphatic heterocycles. The standard InChI is InChI=1S/C19H26N4O3S2/c1-5-23-17(25)13-11-7-6-10(4)8-12(11)27-16(13)22-19(23)28-14(9(2)3)15(24)21-18(20)26/h9-10,14H,5-8H2,1-4H3,(H3,20,21,24,26). The average molecular weight is 423 g/mol. The summed E-state index contributed by atoms with van der Waals surface area (Å²) in [5.41, 5.74) is 6.21. The normalized spacial score (nSPS) is 17.5. The van der Waals surface area contributed by atoms with E-state index in [9.17, 15) is 14.4 Å². The summed E-state index contributed by atoms with van der Waals surface area (Å²) < 4.78 is 1.63. The smallest absolute Gasteiger partial charge is 0.318 e. The minimum atomic E-state index is -0.882. The molecule has 2 atom stereocenters. The molecule has 2 aromatic rings. The van der Waals surface area contributed by atoms with Crippen LogP contribution in [0.2, 0.25) is 0 Å². The van der Waals surface area contributed by atoms with E-state index >= 15 is 0 Å². The average Bonchev–Trinajstić information content (AvgIpc) is 2.96. The van der Waals surface area contributed by atoms with Crippen molar-refractivity contribution in [1.29, 1.82) is 0 Å². The van der Waals surface area contributed by atoms with E-state index in [1.807, 2.05) is 20.8 Å². The maximum Gasteiger partial charge on any atom is 0.318 e. The fourth-order valence-electron chi connectivity index (χ4n) is 3.57. The summed E-state index contributed by atoms with van der Waals surface area (Å²) in [6.45, 7) is 8.37. The van der Waals surface area contributed by atoms with E-state index in [1.54, 1.807) is 15.9 Å². The second-order valence-corrected chi connectivity index (χ2v) is 9.80. The van der Waals surface area contributed by atoms with Gasteiger partial charge in [0, 0.05) is 11.4 Å². The lowest BCUT2D eigenvalue weighted by Crippen LogP contribution is -2.42. The van der Waals surface area contributed by atoms with Crippen LogP contribution in [0, 0.1) is 11.8 Å². The number of rotatable bonds is 5. The lowest BCUT2D eigenvalue weighted by atomic mass is 9.89. The molecule has 2 heterocycles. The van der Waals surface area contributed by atoms with E-state index in [1.165, 1.54) is 16.6 Å². The second kappa shape index (κ2) is 8.24. The number of aryl methyl sites for hydroxylation is 1. The maximum atomic E-state index is 13.2. The van der Waals surface area contributed by atoms with Crippen molar-refractivity contribution in [3.8, 4) is 0 Å². The predicted octanol–water partition coefficient (Wildman–Crippen LogP) is 2.91. The quantitative estimate of drug-likeness (QED) is 0.569. The first-order valence-corrected chi connectivity index (χ1v) is 11.2. The molecule has 0 spiro atoms. The highest BCUT2D eigenvalue weighted by atomic mass is 32.2. The van der Waals surface area contributed by atoms with Crippen LogP contribution in [0.5, 0.6) is 0 Å². The number of carbonyl (C=O) groups excluding carboxylic acids is 2. The van der Waals surface area contributed by atoms with Gasteiger partial charge >= 0.3 is 6.03 Å². The van der Waals surface area contributed by atoms with Crippen LogP contribution < -0.4 is 16.6 Å². The van der Waals surface area contributed by atoms with Crippen molar-refractivity contribution in [3.63, 3.8) is 0 Å². The molecule has 9 heteroatoms. The second-order valence-electron chi connectivity index (χ2n) is 7.61. The molecule has 3 amide bonds. The van der Waals surface area contributed by atoms with Gasteiger partial charge in [-0.2, -0.15) is 0 Å². The Balaban J connectivity index is 2.06. The monoisotopic (exact) mass is 422 g/mol. The fourth-order valence-corrected chi connectivity index (χ4v) is 6.15. The van der Waals surface area contributed by atoms with Crippen molar-refractivity contribution in [2.45, 2.75) is 63.9 Å². The molecule has 28 heavy (non-hydrogen) atoms. The number of nitrogens with one attached hydrogen (secondary N) is 1. The third kappa shape index (κ3) is 3.96. The molecular formula is C19H26N4O3S2. The zero-order valence-corrected chi connectivity index (χ0v) is 18.2. The Morgan fingerprint density at radius 1 is 1.43 bits per heavy atom. The number of imide groups is 1. The highest BCUT2D eigenvalue weighted by Crippen LogP contribution is 2.37. The Kier molecular flexibility index (Phi) is 6.14. The number of thiophene rings is 1. The summed E-state index contributed by atoms with van der Waals surface area (Å²) >= 11 is 2.81. The molecule has 3 N–H and O–H groups in total. The minimum absolute atomic E-state index is 0.0418. The van der Waals surface area contributed by atoms with Gasteiger partial charge in [-0.05, 0) is 43.6 Å². The number of nitrogens with two attached hydrogens (primary N) is 1. The summed E-state index contributed by atoms with van der Waals surface area (Å²) in [6.07, 6.45) is 2.99. The van der Waals surface area contributed by atoms with E-state index < -0.39 is 17.2 Å². The number of fused-ring (bicyclic) bond motifs is 3. The summed E-state index contributed by atoms with van der Waals surface area (Å²) in [6, 6.07) is -0.882. The van der Waals surface area contributed by atoms with Crippen LogP contribution in [0.1, 0.15) is 44.6 Å². The fraction of sp³-hybridized carbons (Fsp3) is 0.579. The molecule has 0 bridgehead atoms. The van der Waals surface area contributed by atoms with Crippen LogP contribution in [0.4, 0.5) is 4.79 Å². The summed E-state index contributed by atoms with van der Waals surface area (Å²) in [5.74, 6) is 0.0778. The van der Waals surface area contributed by atoms with Gasteiger partial charge in [0.15, 0.2) is 5.16 Å². The Hall–Kier alpha value is -1.87. The first kappa shape index (κ1) is 20.9. The molecule has 0 aromatic carbocycles. The number of urea groups is 1. The molecule has 0 radical (unpaired) electrons. The van der Waals surface area contributed by atoms with E-state index in [0.717, 1.165) is 35.0 Å². The third-order valence-electron chi connectivity index (χ3n) is 5.04. The molecule has 7 nitrogen and oxygen atoms in total. The van der Waals surface area contributed by atoms with E-state index in [0.29, 0.717) is 17.6 Å². The third-order valence-corrected chi connectivity index (χ3v) is 7.72. The summed E-state index contributed by atoms with van der Waals surface area (Å²) in [4.78, 5) is 43.5. The number of amides is 3. The van der Waals surface area contributed by atoms with Crippen LogP contribution in [0.3, 0.4) is 0 Å². The van der Waals surface area contributed by atoms with Gasteiger partial charge in [-0.3, -0.25) is 19.5 Å². The highest BCUT2D eigenvalue weighted by Gasteiger charge is 2.29. The van der Waals surface area contributed by atoms with Crippen molar-refractivity contribution in [2.24, 2.45) is 17.6 Å². The molecule has 1 aliphatic rings. The SMILES string of the molecule is CCn1c(SC(C(=O)NC(N)=O)C(C)C)nc2sc3c(c2c1=O)CCC(C)C3. The van der Waals surface area contributed by atoms with Crippen molar-refractivity contribution in [3.05, 3.63) is 20.8 Å². The Labute approximate surface area is 172 Å². The molecule has 152 valence electrons. The molecule has 0 saturated heterocycles.